The smallest absolute Gasteiger partial charge is 0.211 e. The normalized spacial score (nSPS) is 11.1. The molecule has 4 rings (SSSR count). The number of fused-ring (bicyclic) bond motifs is 1. The van der Waals surface area contributed by atoms with Gasteiger partial charge in [-0.3, -0.25) is 0 Å². The Hall–Kier alpha value is -3.15. The lowest BCUT2D eigenvalue weighted by Crippen LogP contribution is -1.99. The molecule has 0 saturated carbocycles. The zero-order chi connectivity index (χ0) is 16.7. The quantitative estimate of drug-likeness (QED) is 0.559. The number of rotatable bonds is 2. The van der Waals surface area contributed by atoms with Crippen molar-refractivity contribution in [3.8, 4) is 22.5 Å². The largest absolute Gasteiger partial charge is 0.253 e. The second kappa shape index (κ2) is 5.49. The third-order valence-corrected chi connectivity index (χ3v) is 3.65. The molecule has 0 bridgehead atoms. The van der Waals surface area contributed by atoms with Gasteiger partial charge in [-0.1, -0.05) is 30.3 Å². The van der Waals surface area contributed by atoms with E-state index < -0.39 is 11.6 Å². The van der Waals surface area contributed by atoms with Crippen molar-refractivity contribution in [2.45, 2.75) is 6.92 Å². The first-order chi connectivity index (χ1) is 11.6. The molecular formula is C18H12F2N4. The first kappa shape index (κ1) is 14.4. The highest BCUT2D eigenvalue weighted by Crippen LogP contribution is 2.26. The Morgan fingerprint density at radius 2 is 1.54 bits per heavy atom. The highest BCUT2D eigenvalue weighted by molar-refractivity contribution is 5.70. The maximum absolute atomic E-state index is 13.6. The molecule has 4 nitrogen and oxygen atoms in total. The lowest BCUT2D eigenvalue weighted by Gasteiger charge is -2.08. The van der Waals surface area contributed by atoms with Gasteiger partial charge in [0.05, 0.1) is 11.4 Å². The molecule has 0 atom stereocenters. The summed E-state index contributed by atoms with van der Waals surface area (Å²) in [7, 11) is 0. The van der Waals surface area contributed by atoms with E-state index >= 15 is 0 Å². The van der Waals surface area contributed by atoms with Crippen molar-refractivity contribution in [3.05, 3.63) is 72.1 Å². The van der Waals surface area contributed by atoms with Crippen molar-refractivity contribution < 1.29 is 8.78 Å². The van der Waals surface area contributed by atoms with Gasteiger partial charge < -0.3 is 0 Å². The molecule has 0 saturated heterocycles. The van der Waals surface area contributed by atoms with Crippen molar-refractivity contribution in [2.24, 2.45) is 0 Å². The molecule has 2 heterocycles. The predicted octanol–water partition coefficient (Wildman–Crippen LogP) is 4.04. The molecular weight excluding hydrogens is 310 g/mol. The van der Waals surface area contributed by atoms with Crippen LogP contribution in [0.15, 0.2) is 54.6 Å². The second-order valence-electron chi connectivity index (χ2n) is 5.42. The fourth-order valence-corrected chi connectivity index (χ4v) is 2.63. The van der Waals surface area contributed by atoms with E-state index in [1.165, 1.54) is 16.6 Å². The Balaban J connectivity index is 2.02. The van der Waals surface area contributed by atoms with Crippen molar-refractivity contribution in [1.29, 1.82) is 0 Å². The van der Waals surface area contributed by atoms with Crippen LogP contribution in [0, 0.1) is 18.6 Å². The van der Waals surface area contributed by atoms with Gasteiger partial charge in [-0.05, 0) is 25.1 Å². The summed E-state index contributed by atoms with van der Waals surface area (Å²) in [5, 5.41) is 4.28. The summed E-state index contributed by atoms with van der Waals surface area (Å²) in [5.74, 6) is -0.375. The Bertz CT molecular complexity index is 1020. The van der Waals surface area contributed by atoms with Crippen LogP contribution in [0.5, 0.6) is 0 Å². The minimum atomic E-state index is -0.645. The minimum absolute atomic E-state index is 0.377. The Morgan fingerprint density at radius 1 is 0.833 bits per heavy atom. The van der Waals surface area contributed by atoms with E-state index in [0.29, 0.717) is 28.6 Å². The minimum Gasteiger partial charge on any atom is -0.211 e. The molecule has 0 radical (unpaired) electrons. The fraction of sp³-hybridized carbons (Fsp3) is 0.0556. The van der Waals surface area contributed by atoms with Gasteiger partial charge in [-0.15, -0.1) is 5.10 Å². The Morgan fingerprint density at radius 3 is 2.25 bits per heavy atom. The third kappa shape index (κ3) is 2.52. The van der Waals surface area contributed by atoms with E-state index in [-0.39, 0.29) is 0 Å². The molecule has 0 amide bonds. The summed E-state index contributed by atoms with van der Waals surface area (Å²) in [6.07, 6.45) is 0. The molecule has 0 spiro atoms. The molecule has 118 valence electrons. The fourth-order valence-electron chi connectivity index (χ4n) is 2.63. The molecule has 0 unspecified atom stereocenters. The van der Waals surface area contributed by atoms with Crippen LogP contribution in [-0.4, -0.2) is 19.6 Å². The van der Waals surface area contributed by atoms with Crippen LogP contribution < -0.4 is 0 Å². The summed E-state index contributed by atoms with van der Waals surface area (Å²) >= 11 is 0. The van der Waals surface area contributed by atoms with Gasteiger partial charge in [0.15, 0.2) is 0 Å². The summed E-state index contributed by atoms with van der Waals surface area (Å²) in [4.78, 5) is 8.78. The van der Waals surface area contributed by atoms with Crippen LogP contribution in [0.3, 0.4) is 0 Å². The number of hydrogen-bond acceptors (Lipinski definition) is 3. The molecule has 24 heavy (non-hydrogen) atoms. The van der Waals surface area contributed by atoms with Crippen LogP contribution >= 0.6 is 0 Å². The summed E-state index contributed by atoms with van der Waals surface area (Å²) < 4.78 is 28.8. The molecule has 0 N–H and O–H groups in total. The summed E-state index contributed by atoms with van der Waals surface area (Å²) in [6, 6.07) is 14.7. The number of aromatic nitrogens is 4. The van der Waals surface area contributed by atoms with Crippen molar-refractivity contribution >= 4 is 5.78 Å². The molecule has 0 fully saturated rings. The maximum atomic E-state index is 13.6. The standard InChI is InChI=1S/C18H12F2N4/c1-11-21-18-22-16(12-5-3-2-4-6-12)10-17(24(18)23-11)13-7-14(19)9-15(20)8-13/h2-10H,1H3. The van der Waals surface area contributed by atoms with Crippen LogP contribution in [0.4, 0.5) is 8.78 Å². The number of halogens is 2. The zero-order valence-corrected chi connectivity index (χ0v) is 12.7. The monoisotopic (exact) mass is 322 g/mol. The number of nitrogens with zero attached hydrogens (tertiary/aromatic N) is 4. The van der Waals surface area contributed by atoms with Crippen LogP contribution in [-0.2, 0) is 0 Å². The van der Waals surface area contributed by atoms with Crippen LogP contribution in [0.25, 0.3) is 28.3 Å². The lowest BCUT2D eigenvalue weighted by molar-refractivity contribution is 0.584. The third-order valence-electron chi connectivity index (χ3n) is 3.65. The summed E-state index contributed by atoms with van der Waals surface area (Å²) in [5.41, 5.74) is 2.45. The highest BCUT2D eigenvalue weighted by Gasteiger charge is 2.14. The SMILES string of the molecule is Cc1nc2nc(-c3ccccc3)cc(-c3cc(F)cc(F)c3)n2n1. The van der Waals surface area contributed by atoms with Crippen molar-refractivity contribution in [3.63, 3.8) is 0 Å². The molecule has 0 aliphatic carbocycles. The van der Waals surface area contributed by atoms with E-state index in [1.807, 2.05) is 30.3 Å². The average Bonchev–Trinajstić information content (AvgIpc) is 2.94. The van der Waals surface area contributed by atoms with E-state index in [4.69, 9.17) is 0 Å². The topological polar surface area (TPSA) is 43.1 Å². The molecule has 2 aromatic heterocycles. The van der Waals surface area contributed by atoms with E-state index in [2.05, 4.69) is 15.1 Å². The first-order valence-corrected chi connectivity index (χ1v) is 7.36. The molecule has 4 aromatic rings. The van der Waals surface area contributed by atoms with Gasteiger partial charge in [0.1, 0.15) is 17.5 Å². The van der Waals surface area contributed by atoms with E-state index in [9.17, 15) is 8.78 Å². The van der Waals surface area contributed by atoms with E-state index in [1.54, 1.807) is 13.0 Å². The van der Waals surface area contributed by atoms with Gasteiger partial charge in [0, 0.05) is 17.2 Å². The van der Waals surface area contributed by atoms with Gasteiger partial charge in [-0.25, -0.2) is 13.8 Å². The lowest BCUT2D eigenvalue weighted by atomic mass is 10.1. The van der Waals surface area contributed by atoms with Crippen LogP contribution in [0.2, 0.25) is 0 Å². The van der Waals surface area contributed by atoms with Crippen molar-refractivity contribution in [2.75, 3.05) is 0 Å². The Kier molecular flexibility index (Phi) is 3.30. The second-order valence-corrected chi connectivity index (χ2v) is 5.42. The maximum Gasteiger partial charge on any atom is 0.253 e. The molecule has 2 aromatic carbocycles. The number of hydrogen-bond donors (Lipinski definition) is 0. The van der Waals surface area contributed by atoms with Gasteiger partial charge in [-0.2, -0.15) is 9.50 Å². The number of aryl methyl sites for hydroxylation is 1. The van der Waals surface area contributed by atoms with Gasteiger partial charge in [0.25, 0.3) is 5.78 Å². The Labute approximate surface area is 136 Å². The number of benzene rings is 2. The predicted molar refractivity (Wildman–Crippen MR) is 86.3 cm³/mol. The highest BCUT2D eigenvalue weighted by atomic mass is 19.1. The van der Waals surface area contributed by atoms with Crippen LogP contribution in [0.1, 0.15) is 5.82 Å². The molecule has 6 heteroatoms. The molecule has 0 aliphatic rings. The average molecular weight is 322 g/mol. The zero-order valence-electron chi connectivity index (χ0n) is 12.7. The van der Waals surface area contributed by atoms with Gasteiger partial charge >= 0.3 is 0 Å². The van der Waals surface area contributed by atoms with Crippen molar-refractivity contribution in [1.82, 2.24) is 19.6 Å². The van der Waals surface area contributed by atoms with Gasteiger partial charge in [0.2, 0.25) is 0 Å². The van der Waals surface area contributed by atoms with E-state index in [0.717, 1.165) is 11.6 Å². The first-order valence-electron chi connectivity index (χ1n) is 7.36. The summed E-state index contributed by atoms with van der Waals surface area (Å²) in [6.45, 7) is 1.74. The molecule has 0 aliphatic heterocycles.